The summed E-state index contributed by atoms with van der Waals surface area (Å²) < 4.78 is 18.5. The van der Waals surface area contributed by atoms with Crippen LogP contribution < -0.4 is 4.90 Å². The quantitative estimate of drug-likeness (QED) is 0.756. The van der Waals surface area contributed by atoms with Gasteiger partial charge in [0.25, 0.3) is 0 Å². The molecule has 0 aromatic heterocycles. The van der Waals surface area contributed by atoms with Gasteiger partial charge in [-0.3, -0.25) is 0 Å². The number of ether oxygens (including phenoxy) is 1. The van der Waals surface area contributed by atoms with Gasteiger partial charge in [-0.25, -0.2) is 9.18 Å². The van der Waals surface area contributed by atoms with Gasteiger partial charge in [-0.05, 0) is 18.2 Å². The summed E-state index contributed by atoms with van der Waals surface area (Å²) in [5.74, 6) is -2.02. The number of methoxy groups -OCH3 is 1. The average Bonchev–Trinajstić information content (AvgIpc) is 2.33. The summed E-state index contributed by atoms with van der Waals surface area (Å²) in [5, 5.41) is 8.75. The van der Waals surface area contributed by atoms with Crippen molar-refractivity contribution in [1.29, 1.82) is 0 Å². The normalized spacial score (nSPS) is 10.1. The van der Waals surface area contributed by atoms with Gasteiger partial charge in [0, 0.05) is 25.9 Å². The summed E-state index contributed by atoms with van der Waals surface area (Å²) in [6.07, 6.45) is 1.69. The minimum absolute atomic E-state index is 0.330. The second-order valence-electron chi connectivity index (χ2n) is 3.70. The van der Waals surface area contributed by atoms with Gasteiger partial charge in [-0.15, -0.1) is 6.58 Å². The number of carbonyl (C=O) groups is 1. The molecule has 0 heterocycles. The number of anilines is 1. The van der Waals surface area contributed by atoms with Gasteiger partial charge in [0.1, 0.15) is 5.82 Å². The highest BCUT2D eigenvalue weighted by Crippen LogP contribution is 2.18. The molecule has 0 saturated carbocycles. The SMILES string of the molecule is C=CCN(CCOC)c1ccc(C(=O)O)c(F)c1. The predicted molar refractivity (Wildman–Crippen MR) is 67.6 cm³/mol. The van der Waals surface area contributed by atoms with Crippen LogP contribution in [-0.2, 0) is 4.74 Å². The van der Waals surface area contributed by atoms with E-state index in [1.807, 2.05) is 4.90 Å². The maximum absolute atomic E-state index is 13.6. The fourth-order valence-corrected chi connectivity index (χ4v) is 1.56. The molecule has 0 spiro atoms. The lowest BCUT2D eigenvalue weighted by Gasteiger charge is -2.23. The van der Waals surface area contributed by atoms with Gasteiger partial charge < -0.3 is 14.7 Å². The molecule has 0 unspecified atom stereocenters. The molecule has 4 nitrogen and oxygen atoms in total. The highest BCUT2D eigenvalue weighted by Gasteiger charge is 2.13. The lowest BCUT2D eigenvalue weighted by Crippen LogP contribution is -2.27. The van der Waals surface area contributed by atoms with Crippen LogP contribution in [0.2, 0.25) is 0 Å². The number of benzene rings is 1. The minimum atomic E-state index is -1.27. The molecular weight excluding hydrogens is 237 g/mol. The van der Waals surface area contributed by atoms with Crippen molar-refractivity contribution in [2.45, 2.75) is 0 Å². The van der Waals surface area contributed by atoms with Crippen LogP contribution in [0.15, 0.2) is 30.9 Å². The summed E-state index contributed by atoms with van der Waals surface area (Å²) in [7, 11) is 1.58. The van der Waals surface area contributed by atoms with E-state index < -0.39 is 11.8 Å². The minimum Gasteiger partial charge on any atom is -0.478 e. The first-order valence-electron chi connectivity index (χ1n) is 5.47. The summed E-state index contributed by atoms with van der Waals surface area (Å²) >= 11 is 0. The Morgan fingerprint density at radius 2 is 2.33 bits per heavy atom. The van der Waals surface area contributed by atoms with Crippen molar-refractivity contribution in [2.75, 3.05) is 31.7 Å². The Bertz CT molecular complexity index is 434. The number of hydrogen-bond acceptors (Lipinski definition) is 3. The zero-order valence-electron chi connectivity index (χ0n) is 10.2. The molecule has 1 N–H and O–H groups in total. The van der Waals surface area contributed by atoms with E-state index in [-0.39, 0.29) is 5.56 Å². The largest absolute Gasteiger partial charge is 0.478 e. The molecule has 0 bridgehead atoms. The number of carboxylic acids is 1. The van der Waals surface area contributed by atoms with Gasteiger partial charge in [0.15, 0.2) is 0 Å². The lowest BCUT2D eigenvalue weighted by atomic mass is 10.2. The third-order valence-electron chi connectivity index (χ3n) is 2.46. The Hall–Kier alpha value is -1.88. The van der Waals surface area contributed by atoms with Crippen molar-refractivity contribution in [2.24, 2.45) is 0 Å². The molecule has 98 valence electrons. The number of carboxylic acid groups (broad SMARTS) is 1. The summed E-state index contributed by atoms with van der Waals surface area (Å²) in [5.41, 5.74) is 0.276. The van der Waals surface area contributed by atoms with Crippen molar-refractivity contribution < 1.29 is 19.0 Å². The molecule has 0 aliphatic heterocycles. The fraction of sp³-hybridized carbons (Fsp3) is 0.308. The van der Waals surface area contributed by atoms with Crippen molar-refractivity contribution in [3.8, 4) is 0 Å². The molecule has 1 aromatic carbocycles. The Balaban J connectivity index is 2.94. The summed E-state index contributed by atoms with van der Waals surface area (Å²) in [6.45, 7) is 5.24. The molecule has 1 rings (SSSR count). The predicted octanol–water partition coefficient (Wildman–Crippen LogP) is 2.16. The number of hydrogen-bond donors (Lipinski definition) is 1. The second kappa shape index (κ2) is 6.76. The molecular formula is C13H16FNO3. The van der Waals surface area contributed by atoms with Crippen LogP contribution in [0.1, 0.15) is 10.4 Å². The topological polar surface area (TPSA) is 49.8 Å². The highest BCUT2D eigenvalue weighted by atomic mass is 19.1. The third kappa shape index (κ3) is 3.56. The molecule has 0 aliphatic rings. The maximum atomic E-state index is 13.6. The molecule has 0 radical (unpaired) electrons. The number of aromatic carboxylic acids is 1. The first kappa shape index (κ1) is 14.2. The highest BCUT2D eigenvalue weighted by molar-refractivity contribution is 5.88. The van der Waals surface area contributed by atoms with E-state index in [0.29, 0.717) is 25.4 Å². The van der Waals surface area contributed by atoms with Crippen molar-refractivity contribution >= 4 is 11.7 Å². The van der Waals surface area contributed by atoms with Crippen molar-refractivity contribution in [1.82, 2.24) is 0 Å². The van der Waals surface area contributed by atoms with E-state index in [4.69, 9.17) is 9.84 Å². The molecule has 0 amide bonds. The average molecular weight is 253 g/mol. The Labute approximate surface area is 105 Å². The summed E-state index contributed by atoms with van der Waals surface area (Å²) in [4.78, 5) is 12.6. The summed E-state index contributed by atoms with van der Waals surface area (Å²) in [6, 6.07) is 4.05. The zero-order chi connectivity index (χ0) is 13.5. The van der Waals surface area contributed by atoms with E-state index >= 15 is 0 Å². The van der Waals surface area contributed by atoms with E-state index in [1.54, 1.807) is 19.3 Å². The zero-order valence-corrected chi connectivity index (χ0v) is 10.2. The third-order valence-corrected chi connectivity index (χ3v) is 2.46. The van der Waals surface area contributed by atoms with Gasteiger partial charge in [0.05, 0.1) is 12.2 Å². The van der Waals surface area contributed by atoms with Crippen LogP contribution in [0, 0.1) is 5.82 Å². The smallest absolute Gasteiger partial charge is 0.338 e. The first-order valence-corrected chi connectivity index (χ1v) is 5.47. The second-order valence-corrected chi connectivity index (χ2v) is 3.70. The monoisotopic (exact) mass is 253 g/mol. The van der Waals surface area contributed by atoms with E-state index in [2.05, 4.69) is 6.58 Å². The van der Waals surface area contributed by atoms with Crippen molar-refractivity contribution in [3.63, 3.8) is 0 Å². The van der Waals surface area contributed by atoms with Crippen LogP contribution in [-0.4, -0.2) is 37.9 Å². The molecule has 0 fully saturated rings. The van der Waals surface area contributed by atoms with Crippen LogP contribution in [0.4, 0.5) is 10.1 Å². The van der Waals surface area contributed by atoms with E-state index in [0.717, 1.165) is 0 Å². The van der Waals surface area contributed by atoms with E-state index in [1.165, 1.54) is 12.1 Å². The lowest BCUT2D eigenvalue weighted by molar-refractivity contribution is 0.0692. The van der Waals surface area contributed by atoms with Crippen LogP contribution in [0.5, 0.6) is 0 Å². The number of nitrogens with zero attached hydrogens (tertiary/aromatic N) is 1. The van der Waals surface area contributed by atoms with E-state index in [9.17, 15) is 9.18 Å². The molecule has 0 aliphatic carbocycles. The molecule has 0 saturated heterocycles. The van der Waals surface area contributed by atoms with Crippen molar-refractivity contribution in [3.05, 3.63) is 42.2 Å². The maximum Gasteiger partial charge on any atom is 0.338 e. The molecule has 0 atom stereocenters. The Morgan fingerprint density at radius 1 is 1.61 bits per heavy atom. The van der Waals surface area contributed by atoms with Gasteiger partial charge in [-0.1, -0.05) is 6.08 Å². The van der Waals surface area contributed by atoms with Crippen LogP contribution >= 0.6 is 0 Å². The Kier molecular flexibility index (Phi) is 5.32. The number of rotatable bonds is 7. The standard InChI is InChI=1S/C13H16FNO3/c1-3-6-15(7-8-18-2)10-4-5-11(13(16)17)12(14)9-10/h3-5,9H,1,6-8H2,2H3,(H,16,17). The molecule has 5 heteroatoms. The Morgan fingerprint density at radius 3 is 2.83 bits per heavy atom. The number of halogens is 1. The molecule has 18 heavy (non-hydrogen) atoms. The molecule has 1 aromatic rings. The van der Waals surface area contributed by atoms with Crippen LogP contribution in [0.25, 0.3) is 0 Å². The van der Waals surface area contributed by atoms with Gasteiger partial charge >= 0.3 is 5.97 Å². The van der Waals surface area contributed by atoms with Gasteiger partial charge in [0.2, 0.25) is 0 Å². The van der Waals surface area contributed by atoms with Crippen LogP contribution in [0.3, 0.4) is 0 Å². The fourth-order valence-electron chi connectivity index (χ4n) is 1.56. The first-order chi connectivity index (χ1) is 8.60. The van der Waals surface area contributed by atoms with Gasteiger partial charge in [-0.2, -0.15) is 0 Å².